The Bertz CT molecular complexity index is 378. The van der Waals surface area contributed by atoms with Gasteiger partial charge >= 0.3 is 0 Å². The fourth-order valence-corrected chi connectivity index (χ4v) is 3.81. The average Bonchev–Trinajstić information content (AvgIpc) is 2.13. The van der Waals surface area contributed by atoms with E-state index < -0.39 is 9.84 Å². The van der Waals surface area contributed by atoms with E-state index in [2.05, 4.69) is 26.0 Å². The van der Waals surface area contributed by atoms with Gasteiger partial charge in [-0.2, -0.15) is 0 Å². The largest absolute Gasteiger partial charge is 0.229 e. The van der Waals surface area contributed by atoms with E-state index in [4.69, 9.17) is 0 Å². The molecule has 0 heterocycles. The summed E-state index contributed by atoms with van der Waals surface area (Å²) in [5, 5.41) is 0. The van der Waals surface area contributed by atoms with Gasteiger partial charge in [0.1, 0.15) is 9.84 Å². The Balaban J connectivity index is 2.01. The van der Waals surface area contributed by atoms with Crippen molar-refractivity contribution in [2.24, 2.45) is 23.2 Å². The first kappa shape index (κ1) is 11.2. The molecule has 15 heavy (non-hydrogen) atoms. The minimum Gasteiger partial charge on any atom is -0.229 e. The summed E-state index contributed by atoms with van der Waals surface area (Å²) in [7, 11) is -2.80. The second-order valence-corrected chi connectivity index (χ2v) is 8.00. The Morgan fingerprint density at radius 2 is 2.00 bits per heavy atom. The van der Waals surface area contributed by atoms with Gasteiger partial charge in [-0.05, 0) is 36.0 Å². The van der Waals surface area contributed by atoms with Crippen molar-refractivity contribution in [1.29, 1.82) is 0 Å². The van der Waals surface area contributed by atoms with E-state index in [1.165, 1.54) is 12.7 Å². The number of fused-ring (bicyclic) bond motifs is 1. The van der Waals surface area contributed by atoms with Gasteiger partial charge in [0.15, 0.2) is 0 Å². The molecule has 86 valence electrons. The van der Waals surface area contributed by atoms with Gasteiger partial charge in [-0.25, -0.2) is 8.42 Å². The minimum absolute atomic E-state index is 0.333. The summed E-state index contributed by atoms with van der Waals surface area (Å²) in [5.74, 6) is 2.25. The lowest BCUT2D eigenvalue weighted by Gasteiger charge is -2.57. The van der Waals surface area contributed by atoms with Gasteiger partial charge in [0.2, 0.25) is 0 Å². The standard InChI is InChI=1S/C12H20O2S/c1-12(2)10-5-4-9(11(12)8-10)6-7-15(3,13)14/h4-5,9-11H,6-8H2,1-3H3. The number of hydrogen-bond acceptors (Lipinski definition) is 2. The first-order chi connectivity index (χ1) is 6.81. The predicted molar refractivity (Wildman–Crippen MR) is 62.3 cm³/mol. The summed E-state index contributed by atoms with van der Waals surface area (Å²) in [5.41, 5.74) is 0.400. The molecular formula is C12H20O2S. The van der Waals surface area contributed by atoms with Crippen molar-refractivity contribution in [3.8, 4) is 0 Å². The first-order valence-corrected chi connectivity index (χ1v) is 7.73. The summed E-state index contributed by atoms with van der Waals surface area (Å²) in [4.78, 5) is 0. The van der Waals surface area contributed by atoms with Crippen LogP contribution in [0.25, 0.3) is 0 Å². The Kier molecular flexibility index (Phi) is 2.49. The lowest BCUT2D eigenvalue weighted by atomic mass is 9.48. The Labute approximate surface area is 92.7 Å². The quantitative estimate of drug-likeness (QED) is 0.694. The molecule has 0 aliphatic heterocycles. The van der Waals surface area contributed by atoms with Gasteiger partial charge in [-0.1, -0.05) is 26.0 Å². The molecule has 0 aromatic rings. The van der Waals surface area contributed by atoms with E-state index in [1.54, 1.807) is 0 Å². The van der Waals surface area contributed by atoms with Gasteiger partial charge < -0.3 is 0 Å². The monoisotopic (exact) mass is 228 g/mol. The summed E-state index contributed by atoms with van der Waals surface area (Å²) in [6.45, 7) is 4.62. The number of allylic oxidation sites excluding steroid dienone is 2. The molecule has 3 unspecified atom stereocenters. The zero-order valence-electron chi connectivity index (χ0n) is 9.73. The van der Waals surface area contributed by atoms with Crippen LogP contribution in [-0.4, -0.2) is 20.4 Å². The molecule has 2 nitrogen and oxygen atoms in total. The molecule has 3 rings (SSSR count). The highest BCUT2D eigenvalue weighted by molar-refractivity contribution is 7.90. The highest BCUT2D eigenvalue weighted by Crippen LogP contribution is 2.59. The predicted octanol–water partition coefficient (Wildman–Crippen LogP) is 2.27. The second kappa shape index (κ2) is 3.34. The molecule has 0 spiro atoms. The Hall–Kier alpha value is -0.310. The Morgan fingerprint density at radius 1 is 1.33 bits per heavy atom. The molecule has 3 aliphatic rings. The lowest BCUT2D eigenvalue weighted by molar-refractivity contribution is -0.0315. The maximum absolute atomic E-state index is 11.1. The van der Waals surface area contributed by atoms with Gasteiger partial charge in [0.05, 0.1) is 5.75 Å². The number of rotatable bonds is 3. The van der Waals surface area contributed by atoms with Crippen LogP contribution in [0.4, 0.5) is 0 Å². The van der Waals surface area contributed by atoms with E-state index in [-0.39, 0.29) is 0 Å². The molecule has 2 bridgehead atoms. The molecule has 1 saturated carbocycles. The SMILES string of the molecule is CC1(C)C2C=CC(CCS(C)(=O)=O)C1C2. The molecule has 1 fully saturated rings. The molecule has 3 aliphatic carbocycles. The molecule has 0 aromatic heterocycles. The molecule has 0 radical (unpaired) electrons. The van der Waals surface area contributed by atoms with Crippen molar-refractivity contribution in [2.45, 2.75) is 26.7 Å². The van der Waals surface area contributed by atoms with Crippen LogP contribution in [0.3, 0.4) is 0 Å². The van der Waals surface area contributed by atoms with Crippen molar-refractivity contribution in [2.75, 3.05) is 12.0 Å². The maximum atomic E-state index is 11.1. The van der Waals surface area contributed by atoms with Crippen LogP contribution in [-0.2, 0) is 9.84 Å². The summed E-state index contributed by atoms with van der Waals surface area (Å²) < 4.78 is 22.3. The third kappa shape index (κ3) is 1.99. The van der Waals surface area contributed by atoms with E-state index in [0.717, 1.165) is 12.3 Å². The fourth-order valence-electron chi connectivity index (χ4n) is 3.11. The second-order valence-electron chi connectivity index (χ2n) is 5.74. The Morgan fingerprint density at radius 3 is 2.47 bits per heavy atom. The summed E-state index contributed by atoms with van der Waals surface area (Å²) in [6, 6.07) is 0. The molecule has 3 atom stereocenters. The fraction of sp³-hybridized carbons (Fsp3) is 0.833. The molecule has 3 heteroatoms. The van der Waals surface area contributed by atoms with E-state index in [1.807, 2.05) is 0 Å². The highest BCUT2D eigenvalue weighted by atomic mass is 32.2. The zero-order chi connectivity index (χ0) is 11.3. The van der Waals surface area contributed by atoms with E-state index in [0.29, 0.717) is 23.0 Å². The van der Waals surface area contributed by atoms with E-state index in [9.17, 15) is 8.42 Å². The average molecular weight is 228 g/mol. The van der Waals surface area contributed by atoms with Crippen molar-refractivity contribution >= 4 is 9.84 Å². The van der Waals surface area contributed by atoms with Crippen LogP contribution in [0.5, 0.6) is 0 Å². The zero-order valence-corrected chi connectivity index (χ0v) is 10.5. The van der Waals surface area contributed by atoms with Crippen LogP contribution in [0.2, 0.25) is 0 Å². The van der Waals surface area contributed by atoms with Crippen LogP contribution in [0.15, 0.2) is 12.2 Å². The molecule has 0 N–H and O–H groups in total. The third-order valence-corrected chi connectivity index (χ3v) is 5.33. The van der Waals surface area contributed by atoms with Crippen LogP contribution in [0.1, 0.15) is 26.7 Å². The lowest BCUT2D eigenvalue weighted by Crippen LogP contribution is -2.50. The van der Waals surface area contributed by atoms with Gasteiger partial charge in [-0.15, -0.1) is 0 Å². The number of hydrogen-bond donors (Lipinski definition) is 0. The van der Waals surface area contributed by atoms with Gasteiger partial charge in [0.25, 0.3) is 0 Å². The van der Waals surface area contributed by atoms with Crippen LogP contribution in [0, 0.1) is 23.2 Å². The van der Waals surface area contributed by atoms with Crippen molar-refractivity contribution in [3.63, 3.8) is 0 Å². The number of sulfone groups is 1. The van der Waals surface area contributed by atoms with Crippen molar-refractivity contribution < 1.29 is 8.42 Å². The third-order valence-electron chi connectivity index (χ3n) is 4.35. The molecule has 0 saturated heterocycles. The van der Waals surface area contributed by atoms with Gasteiger partial charge in [0, 0.05) is 6.26 Å². The maximum Gasteiger partial charge on any atom is 0.147 e. The molecule has 0 aromatic carbocycles. The first-order valence-electron chi connectivity index (χ1n) is 5.67. The highest BCUT2D eigenvalue weighted by Gasteiger charge is 2.51. The van der Waals surface area contributed by atoms with Gasteiger partial charge in [-0.3, -0.25) is 0 Å². The van der Waals surface area contributed by atoms with Crippen molar-refractivity contribution in [3.05, 3.63) is 12.2 Å². The summed E-state index contributed by atoms with van der Waals surface area (Å²) >= 11 is 0. The summed E-state index contributed by atoms with van der Waals surface area (Å²) in [6.07, 6.45) is 7.94. The molecular weight excluding hydrogens is 208 g/mol. The minimum atomic E-state index is -2.80. The topological polar surface area (TPSA) is 34.1 Å². The van der Waals surface area contributed by atoms with Crippen LogP contribution >= 0.6 is 0 Å². The normalized spacial score (nSPS) is 37.4. The van der Waals surface area contributed by atoms with E-state index >= 15 is 0 Å². The molecule has 0 amide bonds. The van der Waals surface area contributed by atoms with Crippen LogP contribution < -0.4 is 0 Å². The smallest absolute Gasteiger partial charge is 0.147 e. The van der Waals surface area contributed by atoms with Crippen molar-refractivity contribution in [1.82, 2.24) is 0 Å².